The van der Waals surface area contributed by atoms with E-state index in [0.29, 0.717) is 0 Å². The molecule has 0 aliphatic carbocycles. The minimum absolute atomic E-state index is 0.868. The molecule has 0 bridgehead atoms. The number of benzene rings is 1. The molecule has 3 rings (SSSR count). The predicted molar refractivity (Wildman–Crippen MR) is 55.5 cm³/mol. The number of aromatic nitrogens is 1. The molecular formula is C11H12N2O. The zero-order chi connectivity index (χ0) is 9.38. The van der Waals surface area contributed by atoms with Crippen LogP contribution in [0.4, 0.5) is 5.69 Å². The van der Waals surface area contributed by atoms with Gasteiger partial charge in [0, 0.05) is 18.8 Å². The molecule has 1 aliphatic rings. The molecule has 0 amide bonds. The van der Waals surface area contributed by atoms with Gasteiger partial charge in [0.05, 0.1) is 0 Å². The van der Waals surface area contributed by atoms with Crippen molar-refractivity contribution in [3.63, 3.8) is 0 Å². The number of hydrogen-bond acceptors (Lipinski definition) is 3. The van der Waals surface area contributed by atoms with Gasteiger partial charge in [-0.25, -0.2) is 4.98 Å². The van der Waals surface area contributed by atoms with E-state index in [2.05, 4.69) is 22.0 Å². The number of fused-ring (bicyclic) bond motifs is 1. The second kappa shape index (κ2) is 3.01. The van der Waals surface area contributed by atoms with Crippen LogP contribution in [0.3, 0.4) is 0 Å². The first-order valence-corrected chi connectivity index (χ1v) is 5.02. The molecule has 0 saturated carbocycles. The smallest absolute Gasteiger partial charge is 0.181 e. The lowest BCUT2D eigenvalue weighted by molar-refractivity contribution is 0.602. The van der Waals surface area contributed by atoms with Gasteiger partial charge in [0.25, 0.3) is 0 Å². The Morgan fingerprint density at radius 1 is 1.21 bits per heavy atom. The molecule has 0 radical (unpaired) electrons. The largest absolute Gasteiger partial charge is 0.443 e. The van der Waals surface area contributed by atoms with Crippen LogP contribution in [0.2, 0.25) is 0 Å². The highest BCUT2D eigenvalue weighted by atomic mass is 16.3. The Kier molecular flexibility index (Phi) is 1.69. The summed E-state index contributed by atoms with van der Waals surface area (Å²) in [6.07, 6.45) is 4.10. The highest BCUT2D eigenvalue weighted by Gasteiger charge is 2.12. The van der Waals surface area contributed by atoms with Crippen LogP contribution in [0.5, 0.6) is 0 Å². The van der Waals surface area contributed by atoms with Crippen LogP contribution in [0.1, 0.15) is 12.8 Å². The monoisotopic (exact) mass is 188 g/mol. The number of hydrogen-bond donors (Lipinski definition) is 0. The Morgan fingerprint density at radius 3 is 2.93 bits per heavy atom. The number of anilines is 1. The third-order valence-electron chi connectivity index (χ3n) is 2.79. The summed E-state index contributed by atoms with van der Waals surface area (Å²) in [7, 11) is 0. The van der Waals surface area contributed by atoms with Crippen LogP contribution in [0.25, 0.3) is 11.1 Å². The van der Waals surface area contributed by atoms with Gasteiger partial charge in [-0.15, -0.1) is 0 Å². The van der Waals surface area contributed by atoms with Crippen molar-refractivity contribution in [2.24, 2.45) is 0 Å². The minimum atomic E-state index is 0.868. The van der Waals surface area contributed by atoms with E-state index in [1.807, 2.05) is 6.07 Å². The number of oxazole rings is 1. The van der Waals surface area contributed by atoms with Crippen LogP contribution in [0, 0.1) is 0 Å². The van der Waals surface area contributed by atoms with Crippen molar-refractivity contribution in [3.05, 3.63) is 24.6 Å². The van der Waals surface area contributed by atoms with E-state index in [4.69, 9.17) is 4.42 Å². The summed E-state index contributed by atoms with van der Waals surface area (Å²) in [5.41, 5.74) is 3.09. The van der Waals surface area contributed by atoms with Crippen molar-refractivity contribution < 1.29 is 4.42 Å². The maximum atomic E-state index is 5.21. The SMILES string of the molecule is c1nc2cc(N3CCCC3)ccc2o1. The van der Waals surface area contributed by atoms with E-state index in [1.54, 1.807) is 0 Å². The van der Waals surface area contributed by atoms with Crippen molar-refractivity contribution in [2.45, 2.75) is 12.8 Å². The summed E-state index contributed by atoms with van der Waals surface area (Å²) in [6.45, 7) is 2.34. The summed E-state index contributed by atoms with van der Waals surface area (Å²) in [4.78, 5) is 6.55. The van der Waals surface area contributed by atoms with Crippen molar-refractivity contribution >= 4 is 16.8 Å². The Labute approximate surface area is 82.3 Å². The molecule has 14 heavy (non-hydrogen) atoms. The average molecular weight is 188 g/mol. The Bertz CT molecular complexity index is 443. The zero-order valence-corrected chi connectivity index (χ0v) is 7.94. The third-order valence-corrected chi connectivity index (χ3v) is 2.79. The molecule has 0 unspecified atom stereocenters. The first-order chi connectivity index (χ1) is 6.93. The molecule has 3 heteroatoms. The minimum Gasteiger partial charge on any atom is -0.443 e. The summed E-state index contributed by atoms with van der Waals surface area (Å²) in [6, 6.07) is 6.21. The van der Waals surface area contributed by atoms with Gasteiger partial charge in [-0.3, -0.25) is 0 Å². The first kappa shape index (κ1) is 7.85. The standard InChI is InChI=1S/C11H12N2O/c1-2-6-13(5-1)9-3-4-11-10(7-9)12-8-14-11/h3-4,7-8H,1-2,5-6H2. The summed E-state index contributed by atoms with van der Waals surface area (Å²) in [5, 5.41) is 0. The Morgan fingerprint density at radius 2 is 2.07 bits per heavy atom. The van der Waals surface area contributed by atoms with Crippen LogP contribution >= 0.6 is 0 Å². The molecule has 2 heterocycles. The summed E-state index contributed by atoms with van der Waals surface area (Å²) >= 11 is 0. The fourth-order valence-electron chi connectivity index (χ4n) is 2.02. The molecule has 1 aliphatic heterocycles. The van der Waals surface area contributed by atoms with E-state index in [0.717, 1.165) is 11.1 Å². The molecule has 0 N–H and O–H groups in total. The molecule has 0 spiro atoms. The highest BCUT2D eigenvalue weighted by molar-refractivity contribution is 5.77. The molecule has 1 fully saturated rings. The Hall–Kier alpha value is -1.51. The lowest BCUT2D eigenvalue weighted by Gasteiger charge is -2.16. The van der Waals surface area contributed by atoms with Crippen molar-refractivity contribution in [3.8, 4) is 0 Å². The second-order valence-corrected chi connectivity index (χ2v) is 3.70. The van der Waals surface area contributed by atoms with E-state index < -0.39 is 0 Å². The maximum Gasteiger partial charge on any atom is 0.181 e. The van der Waals surface area contributed by atoms with Gasteiger partial charge in [-0.1, -0.05) is 0 Å². The average Bonchev–Trinajstić information content (AvgIpc) is 2.88. The lowest BCUT2D eigenvalue weighted by Crippen LogP contribution is -2.17. The zero-order valence-electron chi connectivity index (χ0n) is 7.94. The maximum absolute atomic E-state index is 5.21. The van der Waals surface area contributed by atoms with Gasteiger partial charge < -0.3 is 9.32 Å². The van der Waals surface area contributed by atoms with Gasteiger partial charge in [-0.05, 0) is 31.0 Å². The van der Waals surface area contributed by atoms with E-state index in [9.17, 15) is 0 Å². The molecule has 1 aromatic heterocycles. The van der Waals surface area contributed by atoms with Crippen LogP contribution in [-0.4, -0.2) is 18.1 Å². The number of nitrogens with zero attached hydrogens (tertiary/aromatic N) is 2. The van der Waals surface area contributed by atoms with E-state index in [1.165, 1.54) is 38.0 Å². The van der Waals surface area contributed by atoms with Crippen LogP contribution in [0.15, 0.2) is 29.0 Å². The molecule has 0 atom stereocenters. The van der Waals surface area contributed by atoms with E-state index in [-0.39, 0.29) is 0 Å². The van der Waals surface area contributed by atoms with Gasteiger partial charge in [0.15, 0.2) is 12.0 Å². The first-order valence-electron chi connectivity index (χ1n) is 5.02. The molecule has 72 valence electrons. The van der Waals surface area contributed by atoms with Crippen LogP contribution in [-0.2, 0) is 0 Å². The number of rotatable bonds is 1. The van der Waals surface area contributed by atoms with Gasteiger partial charge in [0.1, 0.15) is 5.52 Å². The van der Waals surface area contributed by atoms with Crippen molar-refractivity contribution in [1.29, 1.82) is 0 Å². The topological polar surface area (TPSA) is 29.3 Å². The fourth-order valence-corrected chi connectivity index (χ4v) is 2.02. The van der Waals surface area contributed by atoms with Gasteiger partial charge in [0.2, 0.25) is 0 Å². The van der Waals surface area contributed by atoms with Crippen molar-refractivity contribution in [2.75, 3.05) is 18.0 Å². The molecule has 1 saturated heterocycles. The summed E-state index contributed by atoms with van der Waals surface area (Å²) in [5.74, 6) is 0. The Balaban J connectivity index is 2.04. The van der Waals surface area contributed by atoms with Crippen molar-refractivity contribution in [1.82, 2.24) is 4.98 Å². The highest BCUT2D eigenvalue weighted by Crippen LogP contribution is 2.24. The third kappa shape index (κ3) is 1.16. The predicted octanol–water partition coefficient (Wildman–Crippen LogP) is 2.43. The fraction of sp³-hybridized carbons (Fsp3) is 0.364. The molecule has 2 aromatic rings. The second-order valence-electron chi connectivity index (χ2n) is 3.70. The summed E-state index contributed by atoms with van der Waals surface area (Å²) < 4.78 is 5.21. The van der Waals surface area contributed by atoms with Gasteiger partial charge >= 0.3 is 0 Å². The molecule has 3 nitrogen and oxygen atoms in total. The molecule has 1 aromatic carbocycles. The van der Waals surface area contributed by atoms with E-state index >= 15 is 0 Å². The quantitative estimate of drug-likeness (QED) is 0.688. The lowest BCUT2D eigenvalue weighted by atomic mass is 10.2. The van der Waals surface area contributed by atoms with Crippen LogP contribution < -0.4 is 4.90 Å². The van der Waals surface area contributed by atoms with Gasteiger partial charge in [-0.2, -0.15) is 0 Å². The molecular weight excluding hydrogens is 176 g/mol. The normalized spacial score (nSPS) is 16.7.